The Balaban J connectivity index is 1.62. The molecule has 0 bridgehead atoms. The predicted molar refractivity (Wildman–Crippen MR) is 113 cm³/mol. The van der Waals surface area contributed by atoms with Crippen LogP contribution in [0.25, 0.3) is 11.1 Å². The average Bonchev–Trinajstić information content (AvgIpc) is 2.67. The Hall–Kier alpha value is -2.13. The van der Waals surface area contributed by atoms with Crippen LogP contribution in [0.1, 0.15) is 61.0 Å². The smallest absolute Gasteiger partial charge is 0.248 e. The number of carbonyl (C=O) groups is 1. The molecule has 2 aromatic rings. The van der Waals surface area contributed by atoms with Crippen LogP contribution >= 0.6 is 0 Å². The summed E-state index contributed by atoms with van der Waals surface area (Å²) in [5.41, 5.74) is 10.7. The molecule has 0 aliphatic heterocycles. The molecule has 1 amide bonds. The van der Waals surface area contributed by atoms with E-state index in [-0.39, 0.29) is 5.91 Å². The molecule has 1 saturated carbocycles. The molecule has 3 rings (SSSR count). The second-order valence-corrected chi connectivity index (χ2v) is 8.33. The van der Waals surface area contributed by atoms with E-state index in [1.807, 2.05) is 18.2 Å². The van der Waals surface area contributed by atoms with Gasteiger partial charge < -0.3 is 11.1 Å². The van der Waals surface area contributed by atoms with Crippen molar-refractivity contribution in [2.45, 2.75) is 59.0 Å². The first-order chi connectivity index (χ1) is 12.9. The highest BCUT2D eigenvalue weighted by atomic mass is 16.1. The molecule has 0 unspecified atom stereocenters. The highest BCUT2D eigenvalue weighted by Gasteiger charge is 2.22. The van der Waals surface area contributed by atoms with Gasteiger partial charge in [0.15, 0.2) is 0 Å². The fraction of sp³-hybridized carbons (Fsp3) is 0.458. The van der Waals surface area contributed by atoms with Crippen molar-refractivity contribution < 1.29 is 4.79 Å². The van der Waals surface area contributed by atoms with Crippen LogP contribution in [0.15, 0.2) is 42.5 Å². The van der Waals surface area contributed by atoms with Crippen molar-refractivity contribution in [1.29, 1.82) is 0 Å². The summed E-state index contributed by atoms with van der Waals surface area (Å²) in [7, 11) is 0. The fourth-order valence-corrected chi connectivity index (χ4v) is 4.25. The third-order valence-electron chi connectivity index (χ3n) is 6.06. The zero-order valence-electron chi connectivity index (χ0n) is 16.8. The number of primary amides is 1. The van der Waals surface area contributed by atoms with E-state index in [1.54, 1.807) is 6.07 Å². The largest absolute Gasteiger partial charge is 0.366 e. The van der Waals surface area contributed by atoms with Gasteiger partial charge in [0.1, 0.15) is 0 Å². The minimum absolute atomic E-state index is 0.387. The Kier molecular flexibility index (Phi) is 6.33. The van der Waals surface area contributed by atoms with Crippen molar-refractivity contribution in [3.63, 3.8) is 0 Å². The fourth-order valence-electron chi connectivity index (χ4n) is 4.25. The van der Waals surface area contributed by atoms with Crippen molar-refractivity contribution in [3.8, 4) is 11.1 Å². The highest BCUT2D eigenvalue weighted by Crippen LogP contribution is 2.30. The standard InChI is InChI=1S/C24H32N2O/c1-16(2)19-8-10-22(11-9-19)26-15-18-7-12-23(17(3)13-18)20-5-4-6-21(14-20)24(25)27/h4-7,12-14,16,19,22,26H,8-11,15H2,1-3H3,(H2,25,27). The number of benzene rings is 2. The van der Waals surface area contributed by atoms with Gasteiger partial charge in [-0.05, 0) is 78.8 Å². The maximum Gasteiger partial charge on any atom is 0.248 e. The Labute approximate surface area is 163 Å². The molecule has 144 valence electrons. The van der Waals surface area contributed by atoms with E-state index in [0.717, 1.165) is 29.5 Å². The molecular formula is C24H32N2O. The van der Waals surface area contributed by atoms with Crippen LogP contribution in [0.5, 0.6) is 0 Å². The van der Waals surface area contributed by atoms with Crippen LogP contribution in [0, 0.1) is 18.8 Å². The number of carbonyl (C=O) groups excluding carboxylic acids is 1. The Morgan fingerprint density at radius 3 is 2.48 bits per heavy atom. The van der Waals surface area contributed by atoms with Gasteiger partial charge in [-0.25, -0.2) is 0 Å². The summed E-state index contributed by atoms with van der Waals surface area (Å²) in [6.07, 6.45) is 5.28. The molecule has 0 spiro atoms. The van der Waals surface area contributed by atoms with Crippen LogP contribution in [0.2, 0.25) is 0 Å². The van der Waals surface area contributed by atoms with E-state index in [0.29, 0.717) is 11.6 Å². The minimum Gasteiger partial charge on any atom is -0.366 e. The SMILES string of the molecule is Cc1cc(CNC2CCC(C(C)C)CC2)ccc1-c1cccc(C(N)=O)c1. The molecule has 1 aliphatic rings. The van der Waals surface area contributed by atoms with Gasteiger partial charge >= 0.3 is 0 Å². The van der Waals surface area contributed by atoms with Gasteiger partial charge in [-0.2, -0.15) is 0 Å². The molecule has 0 saturated heterocycles. The second kappa shape index (κ2) is 8.71. The Morgan fingerprint density at radius 2 is 1.85 bits per heavy atom. The van der Waals surface area contributed by atoms with E-state index < -0.39 is 0 Å². The van der Waals surface area contributed by atoms with Gasteiger partial charge in [0, 0.05) is 18.2 Å². The topological polar surface area (TPSA) is 55.1 Å². The lowest BCUT2D eigenvalue weighted by Crippen LogP contribution is -2.33. The summed E-state index contributed by atoms with van der Waals surface area (Å²) in [6, 6.07) is 14.8. The summed E-state index contributed by atoms with van der Waals surface area (Å²) in [5.74, 6) is 1.33. The van der Waals surface area contributed by atoms with E-state index >= 15 is 0 Å². The van der Waals surface area contributed by atoms with Gasteiger partial charge in [-0.3, -0.25) is 4.79 Å². The number of nitrogens with one attached hydrogen (secondary N) is 1. The summed E-state index contributed by atoms with van der Waals surface area (Å²) in [6.45, 7) is 7.74. The first-order valence-electron chi connectivity index (χ1n) is 10.2. The predicted octanol–water partition coefficient (Wildman–Crippen LogP) is 5.07. The molecular weight excluding hydrogens is 332 g/mol. The van der Waals surface area contributed by atoms with Gasteiger partial charge in [0.25, 0.3) is 0 Å². The summed E-state index contributed by atoms with van der Waals surface area (Å²) >= 11 is 0. The van der Waals surface area contributed by atoms with Crippen LogP contribution in [-0.4, -0.2) is 11.9 Å². The van der Waals surface area contributed by atoms with E-state index in [1.165, 1.54) is 36.8 Å². The van der Waals surface area contributed by atoms with Crippen LogP contribution in [0.4, 0.5) is 0 Å². The number of amides is 1. The van der Waals surface area contributed by atoms with Crippen LogP contribution < -0.4 is 11.1 Å². The van der Waals surface area contributed by atoms with E-state index in [2.05, 4.69) is 44.3 Å². The molecule has 3 nitrogen and oxygen atoms in total. The molecule has 3 heteroatoms. The molecule has 1 fully saturated rings. The van der Waals surface area contributed by atoms with Gasteiger partial charge in [-0.15, -0.1) is 0 Å². The quantitative estimate of drug-likeness (QED) is 0.752. The molecule has 0 radical (unpaired) electrons. The molecule has 0 heterocycles. The molecule has 27 heavy (non-hydrogen) atoms. The lowest BCUT2D eigenvalue weighted by molar-refractivity contribution is 0.100. The molecule has 0 aromatic heterocycles. The maximum atomic E-state index is 11.4. The van der Waals surface area contributed by atoms with E-state index in [9.17, 15) is 4.79 Å². The first kappa shape index (κ1) is 19.6. The maximum absolute atomic E-state index is 11.4. The second-order valence-electron chi connectivity index (χ2n) is 8.33. The van der Waals surface area contributed by atoms with E-state index in [4.69, 9.17) is 5.73 Å². The Morgan fingerprint density at radius 1 is 1.11 bits per heavy atom. The molecule has 1 aliphatic carbocycles. The molecule has 2 aromatic carbocycles. The van der Waals surface area contributed by atoms with Gasteiger partial charge in [-0.1, -0.05) is 44.2 Å². The van der Waals surface area contributed by atoms with Gasteiger partial charge in [0.05, 0.1) is 0 Å². The first-order valence-corrected chi connectivity index (χ1v) is 10.2. The van der Waals surface area contributed by atoms with Gasteiger partial charge in [0.2, 0.25) is 5.91 Å². The van der Waals surface area contributed by atoms with Crippen molar-refractivity contribution in [2.75, 3.05) is 0 Å². The van der Waals surface area contributed by atoms with Crippen LogP contribution in [-0.2, 0) is 6.54 Å². The monoisotopic (exact) mass is 364 g/mol. The van der Waals surface area contributed by atoms with Crippen LogP contribution in [0.3, 0.4) is 0 Å². The zero-order chi connectivity index (χ0) is 19.4. The van der Waals surface area contributed by atoms with Crippen molar-refractivity contribution in [3.05, 3.63) is 59.2 Å². The zero-order valence-corrected chi connectivity index (χ0v) is 16.8. The number of hydrogen-bond acceptors (Lipinski definition) is 2. The number of aryl methyl sites for hydroxylation is 1. The lowest BCUT2D eigenvalue weighted by atomic mass is 9.79. The van der Waals surface area contributed by atoms with Crippen molar-refractivity contribution in [1.82, 2.24) is 5.32 Å². The number of hydrogen-bond donors (Lipinski definition) is 2. The third kappa shape index (κ3) is 4.98. The highest BCUT2D eigenvalue weighted by molar-refractivity contribution is 5.94. The summed E-state index contributed by atoms with van der Waals surface area (Å²) < 4.78 is 0. The number of rotatable bonds is 6. The Bertz CT molecular complexity index is 789. The lowest BCUT2D eigenvalue weighted by Gasteiger charge is -2.31. The molecule has 3 N–H and O–H groups in total. The normalized spacial score (nSPS) is 20.0. The summed E-state index contributed by atoms with van der Waals surface area (Å²) in [5, 5.41) is 3.75. The average molecular weight is 365 g/mol. The minimum atomic E-state index is -0.387. The van der Waals surface area contributed by atoms with Crippen molar-refractivity contribution in [2.24, 2.45) is 17.6 Å². The van der Waals surface area contributed by atoms with Crippen molar-refractivity contribution >= 4 is 5.91 Å². The summed E-state index contributed by atoms with van der Waals surface area (Å²) in [4.78, 5) is 11.4. The number of nitrogens with two attached hydrogens (primary N) is 1. The molecule has 0 atom stereocenters. The third-order valence-corrected chi connectivity index (χ3v) is 6.06.